The van der Waals surface area contributed by atoms with Gasteiger partial charge in [0.1, 0.15) is 90.6 Å². The highest BCUT2D eigenvalue weighted by molar-refractivity contribution is 6.35. The molecule has 0 spiro atoms. The van der Waals surface area contributed by atoms with Crippen LogP contribution < -0.4 is 53.6 Å². The summed E-state index contributed by atoms with van der Waals surface area (Å²) in [6.45, 7) is 3.35. The molecule has 28 nitrogen and oxygen atoms in total. The first kappa shape index (κ1) is 78.5. The molecule has 40 heteroatoms. The maximum Gasteiger partial charge on any atom is 0.230 e. The number of benzene rings is 4. The van der Waals surface area contributed by atoms with Gasteiger partial charge in [-0.1, -0.05) is 81.2 Å². The zero-order valence-corrected chi connectivity index (χ0v) is 62.6. The Bertz CT molecular complexity index is 5100. The van der Waals surface area contributed by atoms with E-state index < -0.39 is 11.9 Å². The molecule has 106 heavy (non-hydrogen) atoms. The summed E-state index contributed by atoms with van der Waals surface area (Å²) in [5.41, 5.74) is 1.86. The second-order valence-corrected chi connectivity index (χ2v) is 24.8. The highest BCUT2D eigenvalue weighted by Crippen LogP contribution is 2.37. The molecule has 1 fully saturated rings. The van der Waals surface area contributed by atoms with Crippen molar-refractivity contribution in [3.05, 3.63) is 215 Å². The zero-order chi connectivity index (χ0) is 75.4. The Kier molecular flexibility index (Phi) is 27.9. The summed E-state index contributed by atoms with van der Waals surface area (Å²) in [6.07, 6.45) is 5.09. The van der Waals surface area contributed by atoms with E-state index in [0.717, 1.165) is 18.9 Å². The lowest BCUT2D eigenvalue weighted by atomic mass is 10.3. The fourth-order valence-electron chi connectivity index (χ4n) is 8.99. The van der Waals surface area contributed by atoms with Crippen LogP contribution in [0, 0.1) is 11.9 Å². The average molecular weight is 1650 g/mol. The number of halogens is 12. The van der Waals surface area contributed by atoms with Crippen LogP contribution >= 0.6 is 116 Å². The number of pyridine rings is 2. The number of H-pyrrole nitrogens is 2. The van der Waals surface area contributed by atoms with E-state index in [4.69, 9.17) is 159 Å². The van der Waals surface area contributed by atoms with E-state index >= 15 is 0 Å². The predicted octanol–water partition coefficient (Wildman–Crippen LogP) is 17.4. The number of ether oxygens (including phenoxy) is 7. The molecule has 10 heterocycles. The number of aromatic hydroxyl groups is 1. The molecule has 1 aliphatic rings. The molecule has 4 aromatic carbocycles. The summed E-state index contributed by atoms with van der Waals surface area (Å²) in [4.78, 5) is 67.4. The first-order chi connectivity index (χ1) is 51.0. The highest BCUT2D eigenvalue weighted by atomic mass is 35.5. The van der Waals surface area contributed by atoms with E-state index in [9.17, 15) is 8.78 Å². The number of nitrogens with one attached hydrogen (secondary N) is 4. The fourth-order valence-corrected chi connectivity index (χ4v) is 11.0. The molecule has 13 aromatic rings. The van der Waals surface area contributed by atoms with E-state index in [0.29, 0.717) is 131 Å². The maximum absolute atomic E-state index is 13.5. The van der Waals surface area contributed by atoms with E-state index in [1.807, 2.05) is 0 Å². The van der Waals surface area contributed by atoms with E-state index in [1.54, 1.807) is 138 Å². The molecule has 1 saturated heterocycles. The molecule has 0 bridgehead atoms. The van der Waals surface area contributed by atoms with Gasteiger partial charge in [-0.05, 0) is 108 Å². The lowest BCUT2D eigenvalue weighted by Gasteiger charge is -2.35. The van der Waals surface area contributed by atoms with E-state index in [-0.39, 0.29) is 61.9 Å². The number of anilines is 4. The molecule has 0 saturated carbocycles. The standard InChI is InChI=1S/C26H24ClFN10O2.C18H13Cl2FN6O2.C11H7Cl3N2O2.C7H7ClO2.C4HCl3N2/c1-39-16-2-4-19(17(27)12-16)40-24-13-21(31-14-22-32-18-3-5-20(28)33-25(18)34-22)35-26(36-24)38-10-8-37(9-11-38)23-15-29-6-7-30-23;1-28-9-2-4-12(10(19)6-9)29-16-7-14(26-18(20)27-16)22-8-15-23-11-3-5-13(21)24-17(11)25-15;1-17-6-2-3-8(7(12)4-6)18-10-5-9(13)15-11(14)16-10;1-10-5-2-3-7(9)6(8)4-5;5-2-1-3(6)9-4(7)8-2/h2-7,12-13,15H,8-11,14H2,1H3,(H,31,35,36)(H,32,33,34);2-7H,8H2,1H3,(H,22,26,27)(H,23,24,25);2-5H,1H3;2-4,9H,1H3;1H. The van der Waals surface area contributed by atoms with Gasteiger partial charge in [-0.25, -0.2) is 34.9 Å². The zero-order valence-electron chi connectivity index (χ0n) is 55.0. The SMILES string of the molecule is COc1ccc(O)c(Cl)c1.COc1ccc(Oc2cc(Cl)nc(Cl)n2)c(Cl)c1.COc1ccc(Oc2cc(NCc3nc4nc(F)ccc4[nH]3)nc(Cl)n2)c(Cl)c1.COc1ccc(Oc2cc(NCc3nc4nc(F)ccc4[nH]3)nc(N3CCN(c4cnccn4)CC3)n2)c(Cl)c1.Clc1cc(Cl)nc(Cl)n1. The number of aromatic amines is 2. The third-order valence-electron chi connectivity index (χ3n) is 13.9. The van der Waals surface area contributed by atoms with Crippen LogP contribution in [0.15, 0.2) is 140 Å². The van der Waals surface area contributed by atoms with Crippen molar-refractivity contribution >= 4 is 162 Å². The number of nitrogens with zero attached hydrogens (tertiary/aromatic N) is 16. The average Bonchev–Trinajstić information content (AvgIpc) is 1.29. The van der Waals surface area contributed by atoms with Gasteiger partial charge in [0, 0.05) is 87.1 Å². The van der Waals surface area contributed by atoms with Crippen molar-refractivity contribution in [2.45, 2.75) is 13.1 Å². The molecule has 0 amide bonds. The number of rotatable bonds is 18. The lowest BCUT2D eigenvalue weighted by Crippen LogP contribution is -2.47. The Hall–Kier alpha value is -10.1. The summed E-state index contributed by atoms with van der Waals surface area (Å²) in [5, 5.41) is 17.4. The van der Waals surface area contributed by atoms with Crippen LogP contribution in [0.5, 0.6) is 63.6 Å². The van der Waals surface area contributed by atoms with E-state index in [1.165, 1.54) is 30.3 Å². The fraction of sp³-hybridized carbons (Fsp3) is 0.152. The Balaban J connectivity index is 0.000000158. The van der Waals surface area contributed by atoms with Gasteiger partial charge in [-0.15, -0.1) is 0 Å². The number of fused-ring (bicyclic) bond motifs is 2. The van der Waals surface area contributed by atoms with Crippen molar-refractivity contribution in [1.82, 2.24) is 79.7 Å². The molecular formula is C66H52Cl10F2N20O8. The van der Waals surface area contributed by atoms with Crippen LogP contribution in [-0.2, 0) is 13.1 Å². The number of hydrogen-bond acceptors (Lipinski definition) is 26. The van der Waals surface area contributed by atoms with Crippen molar-refractivity contribution < 1.29 is 47.0 Å². The normalized spacial score (nSPS) is 11.5. The number of methoxy groups -OCH3 is 4. The minimum absolute atomic E-state index is 0.00198. The molecule has 0 unspecified atom stereocenters. The van der Waals surface area contributed by atoms with Gasteiger partial charge < -0.3 is 68.7 Å². The molecular weight excluding hydrogens is 1590 g/mol. The minimum atomic E-state index is -0.593. The number of hydrogen-bond donors (Lipinski definition) is 5. The smallest absolute Gasteiger partial charge is 0.230 e. The molecule has 0 aliphatic carbocycles. The monoisotopic (exact) mass is 1640 g/mol. The third-order valence-corrected chi connectivity index (χ3v) is 16.2. The van der Waals surface area contributed by atoms with Crippen molar-refractivity contribution in [3.8, 4) is 63.6 Å². The summed E-state index contributed by atoms with van der Waals surface area (Å²) >= 11 is 57.8. The van der Waals surface area contributed by atoms with Crippen LogP contribution in [-0.4, -0.2) is 139 Å². The number of phenolic OH excluding ortho intramolecular Hbond substituents is 1. The lowest BCUT2D eigenvalue weighted by molar-refractivity contribution is 0.412. The van der Waals surface area contributed by atoms with E-state index in [2.05, 4.69) is 95.2 Å². The Labute approximate surface area is 650 Å². The van der Waals surface area contributed by atoms with Gasteiger partial charge in [-0.3, -0.25) is 4.98 Å². The maximum atomic E-state index is 13.5. The predicted molar refractivity (Wildman–Crippen MR) is 401 cm³/mol. The quantitative estimate of drug-likeness (QED) is 0.0303. The van der Waals surface area contributed by atoms with Gasteiger partial charge >= 0.3 is 0 Å². The van der Waals surface area contributed by atoms with Gasteiger partial charge in [0.25, 0.3) is 0 Å². The first-order valence-corrected chi connectivity index (χ1v) is 34.1. The van der Waals surface area contributed by atoms with Crippen molar-refractivity contribution in [1.29, 1.82) is 0 Å². The second-order valence-electron chi connectivity index (χ2n) is 21.0. The third kappa shape index (κ3) is 22.9. The summed E-state index contributed by atoms with van der Waals surface area (Å²) in [5.74, 6) is 6.72. The van der Waals surface area contributed by atoms with Crippen LogP contribution in [0.2, 0.25) is 51.4 Å². The summed E-state index contributed by atoms with van der Waals surface area (Å²) < 4.78 is 64.2. The number of aromatic nitrogens is 16. The first-order valence-electron chi connectivity index (χ1n) is 30.4. The van der Waals surface area contributed by atoms with Crippen LogP contribution in [0.4, 0.5) is 32.2 Å². The van der Waals surface area contributed by atoms with Crippen LogP contribution in [0.25, 0.3) is 22.3 Å². The molecule has 548 valence electrons. The summed E-state index contributed by atoms with van der Waals surface area (Å²) in [6, 6.07) is 31.6. The van der Waals surface area contributed by atoms with Gasteiger partial charge in [-0.2, -0.15) is 38.7 Å². The topological polar surface area (TPSA) is 327 Å². The van der Waals surface area contributed by atoms with Gasteiger partial charge in [0.15, 0.2) is 11.3 Å². The molecule has 5 N–H and O–H groups in total. The molecule has 14 rings (SSSR count). The van der Waals surface area contributed by atoms with Crippen molar-refractivity contribution in [3.63, 3.8) is 0 Å². The molecule has 0 atom stereocenters. The highest BCUT2D eigenvalue weighted by Gasteiger charge is 2.23. The van der Waals surface area contributed by atoms with Gasteiger partial charge in [0.2, 0.25) is 51.3 Å². The van der Waals surface area contributed by atoms with Crippen molar-refractivity contribution in [2.24, 2.45) is 0 Å². The number of imidazole rings is 2. The Morgan fingerprint density at radius 2 is 0.840 bits per heavy atom. The van der Waals surface area contributed by atoms with Crippen LogP contribution in [0.1, 0.15) is 11.6 Å². The van der Waals surface area contributed by atoms with Crippen LogP contribution in [0.3, 0.4) is 0 Å². The molecule has 9 aromatic heterocycles. The minimum Gasteiger partial charge on any atom is -0.506 e. The largest absolute Gasteiger partial charge is 0.506 e. The Morgan fingerprint density at radius 1 is 0.425 bits per heavy atom. The molecule has 0 radical (unpaired) electrons. The number of phenols is 1. The summed E-state index contributed by atoms with van der Waals surface area (Å²) in [7, 11) is 6.21. The number of piperazine rings is 1. The Morgan fingerprint density at radius 3 is 1.27 bits per heavy atom. The molecule has 1 aliphatic heterocycles. The van der Waals surface area contributed by atoms with Gasteiger partial charge in [0.05, 0.1) is 78.8 Å². The second kappa shape index (κ2) is 37.7. The van der Waals surface area contributed by atoms with Crippen molar-refractivity contribution in [2.75, 3.05) is 75.1 Å².